The molecule has 1 amide bonds. The molecule has 0 aliphatic carbocycles. The maximum absolute atomic E-state index is 11.8. The van der Waals surface area contributed by atoms with Crippen LogP contribution in [0.4, 0.5) is 5.82 Å². The summed E-state index contributed by atoms with van der Waals surface area (Å²) in [6.07, 6.45) is 3.70. The van der Waals surface area contributed by atoms with Crippen molar-refractivity contribution < 1.29 is 14.3 Å². The summed E-state index contributed by atoms with van der Waals surface area (Å²) in [7, 11) is 1.32. The van der Waals surface area contributed by atoms with Crippen LogP contribution in [-0.2, 0) is 9.53 Å². The molecule has 5 heteroatoms. The minimum atomic E-state index is -0.439. The Morgan fingerprint density at radius 2 is 2.44 bits per heavy atom. The standard InChI is InChI=1S/C13H14N2O3/c1-3-9-6-12(16)15(8-9)11-7-10(4-5-14-11)13(17)18-2/h3-5,7,9H,1,6,8H2,2H3. The normalized spacial score (nSPS) is 18.8. The topological polar surface area (TPSA) is 59.5 Å². The Labute approximate surface area is 105 Å². The molecule has 94 valence electrons. The molecule has 0 aromatic carbocycles. The first-order chi connectivity index (χ1) is 8.65. The second kappa shape index (κ2) is 5.00. The molecule has 18 heavy (non-hydrogen) atoms. The van der Waals surface area contributed by atoms with E-state index in [0.717, 1.165) is 0 Å². The third kappa shape index (κ3) is 2.25. The fraction of sp³-hybridized carbons (Fsp3) is 0.308. The summed E-state index contributed by atoms with van der Waals surface area (Å²) < 4.78 is 4.64. The van der Waals surface area contributed by atoms with Crippen LogP contribution in [-0.4, -0.2) is 30.5 Å². The van der Waals surface area contributed by atoms with Gasteiger partial charge < -0.3 is 4.74 Å². The van der Waals surface area contributed by atoms with E-state index in [2.05, 4.69) is 16.3 Å². The number of carbonyl (C=O) groups is 2. The molecule has 2 heterocycles. The molecule has 1 aliphatic rings. The van der Waals surface area contributed by atoms with Gasteiger partial charge in [0.15, 0.2) is 0 Å². The molecular weight excluding hydrogens is 232 g/mol. The van der Waals surface area contributed by atoms with E-state index in [1.165, 1.54) is 13.3 Å². The van der Waals surface area contributed by atoms with E-state index in [-0.39, 0.29) is 11.8 Å². The minimum absolute atomic E-state index is 0.00517. The van der Waals surface area contributed by atoms with Crippen LogP contribution < -0.4 is 4.90 Å². The molecule has 1 atom stereocenters. The van der Waals surface area contributed by atoms with Crippen LogP contribution in [0, 0.1) is 5.92 Å². The fourth-order valence-electron chi connectivity index (χ4n) is 1.93. The second-order valence-electron chi connectivity index (χ2n) is 4.10. The number of aromatic nitrogens is 1. The molecule has 1 aromatic heterocycles. The van der Waals surface area contributed by atoms with Crippen molar-refractivity contribution in [1.29, 1.82) is 0 Å². The largest absolute Gasteiger partial charge is 0.465 e. The molecule has 0 N–H and O–H groups in total. The van der Waals surface area contributed by atoms with Gasteiger partial charge in [0.2, 0.25) is 5.91 Å². The lowest BCUT2D eigenvalue weighted by molar-refractivity contribution is -0.117. The highest BCUT2D eigenvalue weighted by Gasteiger charge is 2.29. The zero-order valence-electron chi connectivity index (χ0n) is 10.1. The average molecular weight is 246 g/mol. The van der Waals surface area contributed by atoms with E-state index < -0.39 is 5.97 Å². The SMILES string of the molecule is C=CC1CC(=O)N(c2cc(C(=O)OC)ccn2)C1. The molecule has 1 aliphatic heterocycles. The van der Waals surface area contributed by atoms with Gasteiger partial charge >= 0.3 is 5.97 Å². The van der Waals surface area contributed by atoms with Crippen molar-refractivity contribution >= 4 is 17.7 Å². The summed E-state index contributed by atoms with van der Waals surface area (Å²) in [4.78, 5) is 28.9. The van der Waals surface area contributed by atoms with E-state index >= 15 is 0 Å². The first-order valence-electron chi connectivity index (χ1n) is 5.63. The predicted octanol–water partition coefficient (Wildman–Crippen LogP) is 1.41. The Morgan fingerprint density at radius 1 is 1.67 bits per heavy atom. The minimum Gasteiger partial charge on any atom is -0.465 e. The van der Waals surface area contributed by atoms with Gasteiger partial charge in [-0.3, -0.25) is 9.69 Å². The molecule has 0 saturated carbocycles. The van der Waals surface area contributed by atoms with Crippen LogP contribution in [0.2, 0.25) is 0 Å². The summed E-state index contributed by atoms with van der Waals surface area (Å²) >= 11 is 0. The first-order valence-corrected chi connectivity index (χ1v) is 5.63. The Bertz CT molecular complexity index is 499. The van der Waals surface area contributed by atoms with Gasteiger partial charge in [0.25, 0.3) is 0 Å². The molecule has 1 fully saturated rings. The fourth-order valence-corrected chi connectivity index (χ4v) is 1.93. The van der Waals surface area contributed by atoms with Crippen LogP contribution in [0.25, 0.3) is 0 Å². The Morgan fingerprint density at radius 3 is 3.06 bits per heavy atom. The van der Waals surface area contributed by atoms with Gasteiger partial charge in [0.1, 0.15) is 5.82 Å². The van der Waals surface area contributed by atoms with Crippen molar-refractivity contribution in [2.75, 3.05) is 18.6 Å². The van der Waals surface area contributed by atoms with Crippen LogP contribution in [0.5, 0.6) is 0 Å². The number of rotatable bonds is 3. The van der Waals surface area contributed by atoms with Gasteiger partial charge in [-0.05, 0) is 12.1 Å². The number of hydrogen-bond acceptors (Lipinski definition) is 4. The Balaban J connectivity index is 2.26. The van der Waals surface area contributed by atoms with Crippen molar-refractivity contribution in [1.82, 2.24) is 4.98 Å². The van der Waals surface area contributed by atoms with Gasteiger partial charge in [-0.2, -0.15) is 0 Å². The summed E-state index contributed by atoms with van der Waals surface area (Å²) in [5.74, 6) is 0.174. The number of carbonyl (C=O) groups excluding carboxylic acids is 2. The number of methoxy groups -OCH3 is 1. The molecule has 0 radical (unpaired) electrons. The molecule has 2 rings (SSSR count). The summed E-state index contributed by atoms with van der Waals surface area (Å²) in [6.45, 7) is 4.25. The Kier molecular flexibility index (Phi) is 3.41. The lowest BCUT2D eigenvalue weighted by atomic mass is 10.1. The molecule has 1 saturated heterocycles. The van der Waals surface area contributed by atoms with E-state index in [1.54, 1.807) is 23.1 Å². The van der Waals surface area contributed by atoms with Gasteiger partial charge in [-0.1, -0.05) is 6.08 Å². The van der Waals surface area contributed by atoms with Crippen molar-refractivity contribution in [2.45, 2.75) is 6.42 Å². The van der Waals surface area contributed by atoms with E-state index in [9.17, 15) is 9.59 Å². The zero-order chi connectivity index (χ0) is 13.1. The second-order valence-corrected chi connectivity index (χ2v) is 4.10. The molecule has 0 spiro atoms. The summed E-state index contributed by atoms with van der Waals surface area (Å²) in [6, 6.07) is 3.12. The van der Waals surface area contributed by atoms with Crippen LogP contribution in [0.15, 0.2) is 31.0 Å². The summed E-state index contributed by atoms with van der Waals surface area (Å²) in [5.41, 5.74) is 0.386. The number of anilines is 1. The van der Waals surface area contributed by atoms with Crippen molar-refractivity contribution in [3.63, 3.8) is 0 Å². The van der Waals surface area contributed by atoms with E-state index in [0.29, 0.717) is 24.3 Å². The number of nitrogens with zero attached hydrogens (tertiary/aromatic N) is 2. The molecular formula is C13H14N2O3. The zero-order valence-corrected chi connectivity index (χ0v) is 10.1. The third-order valence-corrected chi connectivity index (χ3v) is 2.93. The van der Waals surface area contributed by atoms with E-state index in [4.69, 9.17) is 0 Å². The number of hydrogen-bond donors (Lipinski definition) is 0. The van der Waals surface area contributed by atoms with Crippen LogP contribution >= 0.6 is 0 Å². The van der Waals surface area contributed by atoms with Crippen LogP contribution in [0.1, 0.15) is 16.8 Å². The van der Waals surface area contributed by atoms with Gasteiger partial charge in [0.05, 0.1) is 12.7 Å². The highest BCUT2D eigenvalue weighted by molar-refractivity contribution is 5.96. The quantitative estimate of drug-likeness (QED) is 0.597. The molecule has 5 nitrogen and oxygen atoms in total. The predicted molar refractivity (Wildman–Crippen MR) is 66.2 cm³/mol. The van der Waals surface area contributed by atoms with Gasteiger partial charge in [0, 0.05) is 25.1 Å². The van der Waals surface area contributed by atoms with Gasteiger partial charge in [-0.15, -0.1) is 6.58 Å². The van der Waals surface area contributed by atoms with Crippen LogP contribution in [0.3, 0.4) is 0 Å². The smallest absolute Gasteiger partial charge is 0.338 e. The van der Waals surface area contributed by atoms with Crippen molar-refractivity contribution in [3.05, 3.63) is 36.5 Å². The van der Waals surface area contributed by atoms with Crippen molar-refractivity contribution in [3.8, 4) is 0 Å². The number of esters is 1. The average Bonchev–Trinajstić information content (AvgIpc) is 2.79. The highest BCUT2D eigenvalue weighted by atomic mass is 16.5. The molecule has 1 unspecified atom stereocenters. The maximum Gasteiger partial charge on any atom is 0.338 e. The number of amides is 1. The van der Waals surface area contributed by atoms with Crippen molar-refractivity contribution in [2.24, 2.45) is 5.92 Å². The lowest BCUT2D eigenvalue weighted by Crippen LogP contribution is -2.25. The Hall–Kier alpha value is -2.17. The highest BCUT2D eigenvalue weighted by Crippen LogP contribution is 2.24. The molecule has 1 aromatic rings. The summed E-state index contributed by atoms with van der Waals surface area (Å²) in [5, 5.41) is 0. The van der Waals surface area contributed by atoms with Gasteiger partial charge in [-0.25, -0.2) is 9.78 Å². The lowest BCUT2D eigenvalue weighted by Gasteiger charge is -2.15. The third-order valence-electron chi connectivity index (χ3n) is 2.93. The number of ether oxygens (including phenoxy) is 1. The van der Waals surface area contributed by atoms with E-state index in [1.807, 2.05) is 0 Å². The monoisotopic (exact) mass is 246 g/mol. The molecule has 0 bridgehead atoms. The first kappa shape index (κ1) is 12.3. The number of pyridine rings is 1. The maximum atomic E-state index is 11.8.